The number of benzene rings is 2. The fraction of sp³-hybridized carbons (Fsp3) is 0.476. The fourth-order valence-corrected chi connectivity index (χ4v) is 6.86. The molecular weight excluding hydrogens is 410 g/mol. The van der Waals surface area contributed by atoms with Gasteiger partial charge < -0.3 is 4.74 Å². The molecule has 3 rings (SSSR count). The van der Waals surface area contributed by atoms with E-state index < -0.39 is 31.8 Å². The van der Waals surface area contributed by atoms with Crippen LogP contribution in [0.5, 0.6) is 0 Å². The summed E-state index contributed by atoms with van der Waals surface area (Å²) in [5.41, 5.74) is 0.601. The Kier molecular flexibility index (Phi) is 6.35. The molecule has 4 nitrogen and oxygen atoms in total. The SMILES string of the molecule is [2H][C@](NS(=O)C(C)(C)C)(c1ccc2ccccc2c1)C1(C(=O)OCC)SCCS1. The van der Waals surface area contributed by atoms with Gasteiger partial charge in [0.1, 0.15) is 0 Å². The van der Waals surface area contributed by atoms with Crippen LogP contribution in [0, 0.1) is 0 Å². The van der Waals surface area contributed by atoms with Gasteiger partial charge in [-0.25, -0.2) is 13.7 Å². The molecule has 0 spiro atoms. The van der Waals surface area contributed by atoms with Gasteiger partial charge in [0.05, 0.1) is 29.7 Å². The van der Waals surface area contributed by atoms with E-state index in [2.05, 4.69) is 4.72 Å². The molecule has 7 heteroatoms. The molecule has 0 aliphatic carbocycles. The van der Waals surface area contributed by atoms with Gasteiger partial charge in [0.25, 0.3) is 0 Å². The number of esters is 1. The van der Waals surface area contributed by atoms with Gasteiger partial charge in [0.15, 0.2) is 4.08 Å². The maximum atomic E-state index is 13.2. The smallest absolute Gasteiger partial charge is 0.334 e. The highest BCUT2D eigenvalue weighted by Crippen LogP contribution is 2.53. The molecule has 1 unspecified atom stereocenters. The van der Waals surface area contributed by atoms with Gasteiger partial charge in [-0.1, -0.05) is 36.4 Å². The molecule has 0 radical (unpaired) electrons. The lowest BCUT2D eigenvalue weighted by molar-refractivity contribution is -0.143. The summed E-state index contributed by atoms with van der Waals surface area (Å²) in [5.74, 6) is 0.998. The summed E-state index contributed by atoms with van der Waals surface area (Å²) in [5, 5.41) is 2.02. The molecule has 152 valence electrons. The molecule has 2 atom stereocenters. The van der Waals surface area contributed by atoms with Gasteiger partial charge in [-0.2, -0.15) is 0 Å². The van der Waals surface area contributed by atoms with Crippen LogP contribution in [0.3, 0.4) is 0 Å². The van der Waals surface area contributed by atoms with Crippen molar-refractivity contribution in [2.45, 2.75) is 42.5 Å². The molecule has 0 aromatic heterocycles. The van der Waals surface area contributed by atoms with Crippen molar-refractivity contribution >= 4 is 51.3 Å². The van der Waals surface area contributed by atoms with E-state index in [0.29, 0.717) is 5.56 Å². The maximum Gasteiger partial charge on any atom is 0.334 e. The number of hydrogen-bond acceptors (Lipinski definition) is 5. The zero-order valence-electron chi connectivity index (χ0n) is 17.6. The minimum Gasteiger partial charge on any atom is -0.464 e. The largest absolute Gasteiger partial charge is 0.464 e. The molecular formula is C21H27NO3S3. The van der Waals surface area contributed by atoms with Crippen LogP contribution in [0.4, 0.5) is 0 Å². The lowest BCUT2D eigenvalue weighted by Gasteiger charge is -2.36. The third-order valence-corrected chi connectivity index (χ3v) is 9.19. The molecule has 0 amide bonds. The van der Waals surface area contributed by atoms with Crippen LogP contribution in [-0.2, 0) is 20.5 Å². The number of nitrogens with one attached hydrogen (secondary N) is 1. The number of ether oxygens (including phenoxy) is 1. The van der Waals surface area contributed by atoms with E-state index in [1.54, 1.807) is 6.92 Å². The fourth-order valence-electron chi connectivity index (χ4n) is 2.91. The first-order chi connectivity index (χ1) is 13.6. The van der Waals surface area contributed by atoms with E-state index in [-0.39, 0.29) is 6.61 Å². The minimum absolute atomic E-state index is 0.234. The Morgan fingerprint density at radius 1 is 1.25 bits per heavy atom. The summed E-state index contributed by atoms with van der Waals surface area (Å²) in [6.45, 7) is 7.55. The van der Waals surface area contributed by atoms with Crippen LogP contribution < -0.4 is 4.72 Å². The van der Waals surface area contributed by atoms with Gasteiger partial charge in [-0.05, 0) is 50.1 Å². The Labute approximate surface area is 179 Å². The summed E-state index contributed by atoms with van der Waals surface area (Å²) in [4.78, 5) is 13.2. The van der Waals surface area contributed by atoms with E-state index in [1.807, 2.05) is 63.2 Å². The Bertz CT molecular complexity index is 925. The highest BCUT2D eigenvalue weighted by atomic mass is 32.2. The van der Waals surface area contributed by atoms with Crippen molar-refractivity contribution in [2.24, 2.45) is 0 Å². The predicted molar refractivity (Wildman–Crippen MR) is 122 cm³/mol. The zero-order chi connectivity index (χ0) is 21.3. The second-order valence-corrected chi connectivity index (χ2v) is 12.3. The predicted octanol–water partition coefficient (Wildman–Crippen LogP) is 4.67. The van der Waals surface area contributed by atoms with Crippen LogP contribution in [0.1, 0.15) is 40.6 Å². The lowest BCUT2D eigenvalue weighted by Crippen LogP contribution is -2.48. The zero-order valence-corrected chi connectivity index (χ0v) is 19.1. The highest BCUT2D eigenvalue weighted by Gasteiger charge is 2.52. The van der Waals surface area contributed by atoms with E-state index in [9.17, 15) is 10.4 Å². The van der Waals surface area contributed by atoms with E-state index in [4.69, 9.17) is 4.74 Å². The first-order valence-electron chi connectivity index (χ1n) is 9.78. The topological polar surface area (TPSA) is 55.4 Å². The van der Waals surface area contributed by atoms with Gasteiger partial charge in [0.2, 0.25) is 0 Å². The third-order valence-electron chi connectivity index (χ3n) is 4.36. The van der Waals surface area contributed by atoms with Crippen LogP contribution in [0.25, 0.3) is 10.8 Å². The number of rotatable bonds is 6. The average molecular weight is 439 g/mol. The van der Waals surface area contributed by atoms with Crippen LogP contribution >= 0.6 is 23.5 Å². The van der Waals surface area contributed by atoms with E-state index in [1.165, 1.54) is 23.5 Å². The Morgan fingerprint density at radius 2 is 1.89 bits per heavy atom. The number of thioether (sulfide) groups is 2. The molecule has 1 aliphatic rings. The number of carbonyl (C=O) groups excluding carboxylic acids is 1. The summed E-state index contributed by atoms with van der Waals surface area (Å²) >= 11 is 2.80. The van der Waals surface area contributed by atoms with Gasteiger partial charge in [-0.15, -0.1) is 23.5 Å². The van der Waals surface area contributed by atoms with Gasteiger partial charge in [-0.3, -0.25) is 0 Å². The summed E-state index contributed by atoms with van der Waals surface area (Å²) < 4.78 is 29.3. The maximum absolute atomic E-state index is 13.2. The van der Waals surface area contributed by atoms with Crippen molar-refractivity contribution in [1.29, 1.82) is 0 Å². The van der Waals surface area contributed by atoms with Crippen LogP contribution in [0.15, 0.2) is 42.5 Å². The highest BCUT2D eigenvalue weighted by molar-refractivity contribution is 8.22. The Morgan fingerprint density at radius 3 is 2.50 bits per heavy atom. The minimum atomic E-state index is -1.63. The lowest BCUT2D eigenvalue weighted by atomic mass is 9.99. The molecule has 1 saturated heterocycles. The van der Waals surface area contributed by atoms with Gasteiger partial charge in [0, 0.05) is 11.5 Å². The quantitative estimate of drug-likeness (QED) is 0.664. The van der Waals surface area contributed by atoms with Crippen molar-refractivity contribution in [1.82, 2.24) is 4.72 Å². The van der Waals surface area contributed by atoms with Gasteiger partial charge >= 0.3 is 5.97 Å². The number of carbonyl (C=O) groups is 1. The first-order valence-corrected chi connectivity index (χ1v) is 12.4. The Hall–Kier alpha value is -1.02. The Balaban J connectivity index is 2.19. The summed E-state index contributed by atoms with van der Waals surface area (Å²) in [6, 6.07) is 12.0. The monoisotopic (exact) mass is 438 g/mol. The molecule has 2 aromatic rings. The normalized spacial score (nSPS) is 20.4. The molecule has 0 saturated carbocycles. The second kappa shape index (κ2) is 8.78. The van der Waals surface area contributed by atoms with Crippen LogP contribution in [0.2, 0.25) is 0 Å². The summed E-state index contributed by atoms with van der Waals surface area (Å²) in [7, 11) is -1.56. The number of fused-ring (bicyclic) bond motifs is 1. The third kappa shape index (κ3) is 4.42. The molecule has 2 aromatic carbocycles. The first kappa shape index (κ1) is 20.3. The standard InChI is InChI=1S/C21H27NO3S3/c1-5-25-19(23)21(26-12-13-27-21)18(22-28(24)20(2,3)4)17-11-10-15-8-6-7-9-16(15)14-17/h6-11,14,18,22H,5,12-13H2,1-4H3/t18-,28?/m0/s1/i18D. The molecule has 1 heterocycles. The molecule has 1 N–H and O–H groups in total. The molecule has 1 aliphatic heterocycles. The average Bonchev–Trinajstić information content (AvgIpc) is 3.18. The molecule has 28 heavy (non-hydrogen) atoms. The van der Waals surface area contributed by atoms with E-state index >= 15 is 0 Å². The van der Waals surface area contributed by atoms with Crippen LogP contribution in [-0.4, -0.2) is 37.1 Å². The number of hydrogen-bond donors (Lipinski definition) is 1. The van der Waals surface area contributed by atoms with Crippen molar-refractivity contribution < 1.29 is 15.1 Å². The van der Waals surface area contributed by atoms with Crippen molar-refractivity contribution in [2.75, 3.05) is 18.1 Å². The van der Waals surface area contributed by atoms with Crippen molar-refractivity contribution in [3.05, 3.63) is 48.0 Å². The van der Waals surface area contributed by atoms with Crippen molar-refractivity contribution in [3.63, 3.8) is 0 Å². The van der Waals surface area contributed by atoms with E-state index in [0.717, 1.165) is 22.3 Å². The van der Waals surface area contributed by atoms with Crippen molar-refractivity contribution in [3.8, 4) is 0 Å². The molecule has 1 fully saturated rings. The molecule has 0 bridgehead atoms. The summed E-state index contributed by atoms with van der Waals surface area (Å²) in [6.07, 6.45) is 0. The second-order valence-electron chi connectivity index (χ2n) is 7.45.